The van der Waals surface area contributed by atoms with Gasteiger partial charge in [-0.25, -0.2) is 4.79 Å². The van der Waals surface area contributed by atoms with Crippen LogP contribution in [0.25, 0.3) is 10.9 Å². The van der Waals surface area contributed by atoms with E-state index in [2.05, 4.69) is 9.88 Å². The summed E-state index contributed by atoms with van der Waals surface area (Å²) in [6.07, 6.45) is -5.38. The number of hydrogen-bond donors (Lipinski definition) is 2. The average Bonchev–Trinajstić information content (AvgIpc) is 3.12. The van der Waals surface area contributed by atoms with Gasteiger partial charge in [-0.3, -0.25) is 4.79 Å². The summed E-state index contributed by atoms with van der Waals surface area (Å²) in [6.45, 7) is 7.69. The van der Waals surface area contributed by atoms with Crippen molar-refractivity contribution in [1.29, 1.82) is 0 Å². The molecule has 1 amide bonds. The number of nitrogens with zero attached hydrogens (tertiary/aromatic N) is 1. The lowest BCUT2D eigenvalue weighted by Gasteiger charge is -2.16. The zero-order valence-electron chi connectivity index (χ0n) is 22.0. The first kappa shape index (κ1) is 27.8. The van der Waals surface area contributed by atoms with E-state index < -0.39 is 29.9 Å². The largest absolute Gasteiger partial charge is 0.479 e. The van der Waals surface area contributed by atoms with Gasteiger partial charge >= 0.3 is 12.1 Å². The third-order valence-corrected chi connectivity index (χ3v) is 6.89. The summed E-state index contributed by atoms with van der Waals surface area (Å²) in [5, 5.41) is 12.9. The maximum atomic E-state index is 13.0. The van der Waals surface area contributed by atoms with Gasteiger partial charge in [0.1, 0.15) is 5.75 Å². The third kappa shape index (κ3) is 6.08. The van der Waals surface area contributed by atoms with Crippen LogP contribution in [0.2, 0.25) is 0 Å². The highest BCUT2D eigenvalue weighted by molar-refractivity contribution is 5.99. The zero-order chi connectivity index (χ0) is 28.5. The minimum atomic E-state index is -4.41. The molecule has 6 nitrogen and oxygen atoms in total. The summed E-state index contributed by atoms with van der Waals surface area (Å²) in [5.74, 6) is -0.905. The van der Waals surface area contributed by atoms with Crippen LogP contribution in [0.3, 0.4) is 0 Å². The molecule has 0 saturated carbocycles. The van der Waals surface area contributed by atoms with Crippen LogP contribution in [0.1, 0.15) is 58.2 Å². The molecule has 0 radical (unpaired) electrons. The molecule has 2 N–H and O–H groups in total. The summed E-state index contributed by atoms with van der Waals surface area (Å²) in [5.41, 5.74) is 4.17. The second kappa shape index (κ2) is 10.8. The molecule has 1 heterocycles. The van der Waals surface area contributed by atoms with Gasteiger partial charge in [-0.2, -0.15) is 13.2 Å². The Labute approximate surface area is 224 Å². The number of alkyl halides is 3. The number of carboxylic acid groups (broad SMARTS) is 1. The number of amides is 1. The molecule has 0 bridgehead atoms. The Hall–Kier alpha value is -4.27. The summed E-state index contributed by atoms with van der Waals surface area (Å²) in [6, 6.07) is 17.0. The number of carboxylic acids is 1. The number of aryl methyl sites for hydroxylation is 1. The SMILES string of the molecule is Cc1c(C)n(Cc2cccc(OC(C)C(=O)O)c2)c2ccc(C(=O)N[C@@H](C)c3ccc(C(F)(F)F)cc3)cc12. The number of nitrogens with one attached hydrogen (secondary N) is 1. The van der Waals surface area contributed by atoms with Gasteiger partial charge in [0.25, 0.3) is 5.91 Å². The standard InChI is InChI=1S/C30H29F3N2O4/c1-17-19(3)35(16-21-6-5-7-25(14-21)39-20(4)29(37)38)27-13-10-23(15-26(17)27)28(36)34-18(2)22-8-11-24(12-9-22)30(31,32)33/h5-15,18,20H,16H2,1-4H3,(H,34,36)(H,37,38)/t18-,20?/m0/s1. The van der Waals surface area contributed by atoms with Crippen LogP contribution in [0.4, 0.5) is 13.2 Å². The maximum absolute atomic E-state index is 13.0. The van der Waals surface area contributed by atoms with Crippen LogP contribution in [0, 0.1) is 13.8 Å². The highest BCUT2D eigenvalue weighted by Gasteiger charge is 2.30. The van der Waals surface area contributed by atoms with E-state index in [0.29, 0.717) is 23.4 Å². The highest BCUT2D eigenvalue weighted by atomic mass is 19.4. The molecule has 0 aliphatic carbocycles. The van der Waals surface area contributed by atoms with E-state index in [0.717, 1.165) is 39.9 Å². The molecule has 0 aliphatic heterocycles. The van der Waals surface area contributed by atoms with Gasteiger partial charge < -0.3 is 19.7 Å². The Morgan fingerprint density at radius 2 is 1.69 bits per heavy atom. The van der Waals surface area contributed by atoms with E-state index in [9.17, 15) is 22.8 Å². The number of aromatic nitrogens is 1. The second-order valence-corrected chi connectivity index (χ2v) is 9.59. The normalized spacial score (nSPS) is 13.2. The number of halogens is 3. The van der Waals surface area contributed by atoms with Crippen LogP contribution >= 0.6 is 0 Å². The number of carbonyl (C=O) groups excluding carboxylic acids is 1. The van der Waals surface area contributed by atoms with Crippen molar-refractivity contribution >= 4 is 22.8 Å². The van der Waals surface area contributed by atoms with E-state index in [1.165, 1.54) is 19.1 Å². The molecule has 4 rings (SSSR count). The summed E-state index contributed by atoms with van der Waals surface area (Å²) in [7, 11) is 0. The molecule has 9 heteroatoms. The first-order valence-corrected chi connectivity index (χ1v) is 12.4. The third-order valence-electron chi connectivity index (χ3n) is 6.89. The van der Waals surface area contributed by atoms with Crippen LogP contribution in [-0.2, 0) is 17.5 Å². The van der Waals surface area contributed by atoms with Crippen molar-refractivity contribution in [3.8, 4) is 5.75 Å². The van der Waals surface area contributed by atoms with Gasteiger partial charge in [-0.1, -0.05) is 24.3 Å². The molecular weight excluding hydrogens is 509 g/mol. The molecule has 3 aromatic carbocycles. The summed E-state index contributed by atoms with van der Waals surface area (Å²) < 4.78 is 46.2. The predicted octanol–water partition coefficient (Wildman–Crippen LogP) is 6.67. The minimum Gasteiger partial charge on any atom is -0.479 e. The van der Waals surface area contributed by atoms with Gasteiger partial charge in [-0.15, -0.1) is 0 Å². The van der Waals surface area contributed by atoms with Crippen molar-refractivity contribution in [2.45, 2.75) is 52.6 Å². The fourth-order valence-corrected chi connectivity index (χ4v) is 4.47. The van der Waals surface area contributed by atoms with Gasteiger partial charge in [0.15, 0.2) is 6.10 Å². The number of fused-ring (bicyclic) bond motifs is 1. The van der Waals surface area contributed by atoms with Crippen LogP contribution in [0.5, 0.6) is 5.75 Å². The minimum absolute atomic E-state index is 0.327. The lowest BCUT2D eigenvalue weighted by molar-refractivity contribution is -0.144. The quantitative estimate of drug-likeness (QED) is 0.263. The van der Waals surface area contributed by atoms with Gasteiger partial charge in [0.2, 0.25) is 0 Å². The summed E-state index contributed by atoms with van der Waals surface area (Å²) >= 11 is 0. The Morgan fingerprint density at radius 3 is 2.33 bits per heavy atom. The van der Waals surface area contributed by atoms with E-state index in [1.807, 2.05) is 44.2 Å². The molecule has 0 aliphatic rings. The topological polar surface area (TPSA) is 80.6 Å². The van der Waals surface area contributed by atoms with E-state index in [4.69, 9.17) is 9.84 Å². The van der Waals surface area contributed by atoms with Gasteiger partial charge in [0.05, 0.1) is 11.6 Å². The van der Waals surface area contributed by atoms with Crippen LogP contribution in [0.15, 0.2) is 66.7 Å². The Balaban J connectivity index is 1.54. The van der Waals surface area contributed by atoms with Crippen molar-refractivity contribution in [3.63, 3.8) is 0 Å². The molecule has 0 fully saturated rings. The molecule has 1 aromatic heterocycles. The lowest BCUT2D eigenvalue weighted by atomic mass is 10.0. The lowest BCUT2D eigenvalue weighted by Crippen LogP contribution is -2.26. The molecule has 2 atom stereocenters. The molecule has 204 valence electrons. The highest BCUT2D eigenvalue weighted by Crippen LogP contribution is 2.31. The zero-order valence-corrected chi connectivity index (χ0v) is 22.0. The van der Waals surface area contributed by atoms with Crippen LogP contribution < -0.4 is 10.1 Å². The van der Waals surface area contributed by atoms with Crippen molar-refractivity contribution in [2.75, 3.05) is 0 Å². The van der Waals surface area contributed by atoms with Crippen molar-refractivity contribution < 1.29 is 32.6 Å². The van der Waals surface area contributed by atoms with Gasteiger partial charge in [0, 0.05) is 28.7 Å². The fourth-order valence-electron chi connectivity index (χ4n) is 4.47. The van der Waals surface area contributed by atoms with Crippen molar-refractivity contribution in [1.82, 2.24) is 9.88 Å². The number of ether oxygens (including phenoxy) is 1. The number of rotatable bonds is 8. The Morgan fingerprint density at radius 1 is 1.00 bits per heavy atom. The fraction of sp³-hybridized carbons (Fsp3) is 0.267. The molecule has 39 heavy (non-hydrogen) atoms. The first-order valence-electron chi connectivity index (χ1n) is 12.4. The van der Waals surface area contributed by atoms with Crippen LogP contribution in [-0.4, -0.2) is 27.7 Å². The molecule has 0 saturated heterocycles. The predicted molar refractivity (Wildman–Crippen MR) is 142 cm³/mol. The molecular formula is C30H29F3N2O4. The van der Waals surface area contributed by atoms with E-state index in [1.54, 1.807) is 19.1 Å². The monoisotopic (exact) mass is 538 g/mol. The molecule has 4 aromatic rings. The number of aliphatic carboxylic acids is 1. The number of hydrogen-bond acceptors (Lipinski definition) is 3. The average molecular weight is 539 g/mol. The summed E-state index contributed by atoms with van der Waals surface area (Å²) in [4.78, 5) is 24.1. The smallest absolute Gasteiger partial charge is 0.416 e. The first-order chi connectivity index (χ1) is 18.3. The van der Waals surface area contributed by atoms with E-state index in [-0.39, 0.29) is 5.91 Å². The number of carbonyl (C=O) groups is 2. The van der Waals surface area contributed by atoms with Gasteiger partial charge in [-0.05, 0) is 86.8 Å². The Kier molecular flexibility index (Phi) is 7.72. The number of benzene rings is 3. The second-order valence-electron chi connectivity index (χ2n) is 9.59. The van der Waals surface area contributed by atoms with Crippen molar-refractivity contribution in [2.24, 2.45) is 0 Å². The van der Waals surface area contributed by atoms with Crippen molar-refractivity contribution in [3.05, 3.63) is 100 Å². The Bertz CT molecular complexity index is 1520. The molecule has 1 unspecified atom stereocenters. The molecule has 0 spiro atoms. The maximum Gasteiger partial charge on any atom is 0.416 e. The van der Waals surface area contributed by atoms with E-state index >= 15 is 0 Å².